The van der Waals surface area contributed by atoms with E-state index in [0.717, 1.165) is 49.4 Å². The number of likely N-dealkylation sites (tertiary alicyclic amines) is 1. The second kappa shape index (κ2) is 8.24. The number of carbonyl (C=O) groups is 1. The number of amides is 2. The molecule has 4 rings (SSSR count). The average Bonchev–Trinajstić information content (AvgIpc) is 3.36. The van der Waals surface area contributed by atoms with Crippen LogP contribution in [0.25, 0.3) is 0 Å². The maximum absolute atomic E-state index is 12.4. The SMILES string of the molecule is COc1ccc(C23CCC(NC(=O)Nc4ccsc4)CC2N(C)CC3)cc1OC. The predicted molar refractivity (Wildman–Crippen MR) is 116 cm³/mol. The Hall–Kier alpha value is -2.25. The van der Waals surface area contributed by atoms with E-state index in [0.29, 0.717) is 6.04 Å². The van der Waals surface area contributed by atoms with Gasteiger partial charge in [0.1, 0.15) is 0 Å². The zero-order chi connectivity index (χ0) is 20.4. The molecule has 1 saturated carbocycles. The van der Waals surface area contributed by atoms with Gasteiger partial charge >= 0.3 is 6.03 Å². The van der Waals surface area contributed by atoms with E-state index in [2.05, 4.69) is 34.7 Å². The summed E-state index contributed by atoms with van der Waals surface area (Å²) in [5, 5.41) is 10.0. The van der Waals surface area contributed by atoms with Crippen LogP contribution >= 0.6 is 11.3 Å². The molecule has 29 heavy (non-hydrogen) atoms. The lowest BCUT2D eigenvalue weighted by atomic mass is 9.65. The highest BCUT2D eigenvalue weighted by molar-refractivity contribution is 7.08. The minimum Gasteiger partial charge on any atom is -0.493 e. The summed E-state index contributed by atoms with van der Waals surface area (Å²) in [6.45, 7) is 1.06. The van der Waals surface area contributed by atoms with E-state index in [1.165, 1.54) is 5.56 Å². The summed E-state index contributed by atoms with van der Waals surface area (Å²) in [6, 6.07) is 8.70. The molecule has 1 aliphatic carbocycles. The number of urea groups is 1. The predicted octanol–water partition coefficient (Wildman–Crippen LogP) is 4.08. The summed E-state index contributed by atoms with van der Waals surface area (Å²) in [7, 11) is 5.55. The van der Waals surface area contributed by atoms with Gasteiger partial charge in [-0.2, -0.15) is 11.3 Å². The zero-order valence-corrected chi connectivity index (χ0v) is 18.1. The summed E-state index contributed by atoms with van der Waals surface area (Å²) in [5.74, 6) is 1.54. The molecule has 2 amide bonds. The van der Waals surface area contributed by atoms with Crippen molar-refractivity contribution in [2.45, 2.75) is 43.2 Å². The number of carbonyl (C=O) groups excluding carboxylic acids is 1. The molecule has 0 spiro atoms. The molecule has 2 heterocycles. The van der Waals surface area contributed by atoms with Gasteiger partial charge < -0.3 is 25.0 Å². The van der Waals surface area contributed by atoms with Crippen molar-refractivity contribution < 1.29 is 14.3 Å². The third-order valence-electron chi connectivity index (χ3n) is 6.60. The smallest absolute Gasteiger partial charge is 0.319 e. The molecule has 6 nitrogen and oxygen atoms in total. The fourth-order valence-corrected chi connectivity index (χ4v) is 5.67. The van der Waals surface area contributed by atoms with Crippen LogP contribution in [0.2, 0.25) is 0 Å². The lowest BCUT2D eigenvalue weighted by molar-refractivity contribution is 0.156. The Kier molecular flexibility index (Phi) is 5.69. The first-order chi connectivity index (χ1) is 14.1. The third-order valence-corrected chi connectivity index (χ3v) is 7.28. The standard InChI is InChI=1S/C22H29N3O3S/c1-25-10-9-22(15-4-5-18(27-2)19(12-15)28-3)8-6-16(13-20(22)25)23-21(26)24-17-7-11-29-14-17/h4-5,7,11-12,14,16,20H,6,8-10,13H2,1-3H3,(H2,23,24,26). The summed E-state index contributed by atoms with van der Waals surface area (Å²) in [5.41, 5.74) is 2.25. The van der Waals surface area contributed by atoms with E-state index in [1.807, 2.05) is 22.9 Å². The maximum atomic E-state index is 12.4. The van der Waals surface area contributed by atoms with Crippen LogP contribution in [-0.4, -0.2) is 50.8 Å². The number of anilines is 1. The summed E-state index contributed by atoms with van der Waals surface area (Å²) >= 11 is 1.57. The van der Waals surface area contributed by atoms with Gasteiger partial charge in [0.05, 0.1) is 19.9 Å². The molecule has 2 aliphatic rings. The van der Waals surface area contributed by atoms with Crippen LogP contribution in [0.5, 0.6) is 11.5 Å². The second-order valence-electron chi connectivity index (χ2n) is 8.05. The van der Waals surface area contributed by atoms with Crippen LogP contribution in [0.1, 0.15) is 31.2 Å². The summed E-state index contributed by atoms with van der Waals surface area (Å²) in [6.07, 6.45) is 4.08. The van der Waals surface area contributed by atoms with E-state index in [4.69, 9.17) is 9.47 Å². The van der Waals surface area contributed by atoms with E-state index >= 15 is 0 Å². The number of hydrogen-bond acceptors (Lipinski definition) is 5. The summed E-state index contributed by atoms with van der Waals surface area (Å²) < 4.78 is 11.0. The fourth-order valence-electron chi connectivity index (χ4n) is 5.08. The molecule has 7 heteroatoms. The molecule has 1 aromatic heterocycles. The van der Waals surface area contributed by atoms with Gasteiger partial charge in [-0.05, 0) is 68.4 Å². The van der Waals surface area contributed by atoms with Gasteiger partial charge in [0.25, 0.3) is 0 Å². The largest absolute Gasteiger partial charge is 0.493 e. The Morgan fingerprint density at radius 2 is 2.03 bits per heavy atom. The van der Waals surface area contributed by atoms with Crippen LogP contribution in [0.3, 0.4) is 0 Å². The monoisotopic (exact) mass is 415 g/mol. The number of methoxy groups -OCH3 is 2. The second-order valence-corrected chi connectivity index (χ2v) is 8.83. The van der Waals surface area contributed by atoms with Gasteiger partial charge in [-0.3, -0.25) is 0 Å². The Morgan fingerprint density at radius 1 is 1.21 bits per heavy atom. The van der Waals surface area contributed by atoms with Crippen molar-refractivity contribution in [3.63, 3.8) is 0 Å². The molecule has 3 atom stereocenters. The number of likely N-dealkylation sites (N-methyl/N-ethyl adjacent to an activating group) is 1. The highest BCUT2D eigenvalue weighted by atomic mass is 32.1. The van der Waals surface area contributed by atoms with E-state index < -0.39 is 0 Å². The van der Waals surface area contributed by atoms with E-state index in [1.54, 1.807) is 25.6 Å². The molecule has 2 aromatic rings. The molecular formula is C22H29N3O3S. The van der Waals surface area contributed by atoms with Crippen LogP contribution in [0, 0.1) is 0 Å². The highest BCUT2D eigenvalue weighted by Crippen LogP contribution is 2.49. The number of rotatable bonds is 5. The van der Waals surface area contributed by atoms with Crippen LogP contribution in [-0.2, 0) is 5.41 Å². The van der Waals surface area contributed by atoms with Gasteiger partial charge in [-0.15, -0.1) is 0 Å². The molecule has 3 unspecified atom stereocenters. The molecule has 1 saturated heterocycles. The lowest BCUT2D eigenvalue weighted by Crippen LogP contribution is -2.52. The quantitative estimate of drug-likeness (QED) is 0.772. The van der Waals surface area contributed by atoms with Gasteiger partial charge in [-0.1, -0.05) is 6.07 Å². The lowest BCUT2D eigenvalue weighted by Gasteiger charge is -2.45. The molecule has 1 aromatic carbocycles. The highest BCUT2D eigenvalue weighted by Gasteiger charge is 2.50. The molecule has 0 radical (unpaired) electrons. The molecule has 1 aliphatic heterocycles. The van der Waals surface area contributed by atoms with Crippen LogP contribution in [0.15, 0.2) is 35.0 Å². The number of nitrogens with one attached hydrogen (secondary N) is 2. The number of thiophene rings is 1. The zero-order valence-electron chi connectivity index (χ0n) is 17.2. The first kappa shape index (κ1) is 20.0. The number of fused-ring (bicyclic) bond motifs is 1. The number of ether oxygens (including phenoxy) is 2. The Balaban J connectivity index is 1.50. The average molecular weight is 416 g/mol. The summed E-state index contributed by atoms with van der Waals surface area (Å²) in [4.78, 5) is 14.8. The number of hydrogen-bond donors (Lipinski definition) is 2. The maximum Gasteiger partial charge on any atom is 0.319 e. The van der Waals surface area contributed by atoms with Crippen molar-refractivity contribution in [1.29, 1.82) is 0 Å². The molecule has 2 fully saturated rings. The van der Waals surface area contributed by atoms with Crippen LogP contribution < -0.4 is 20.1 Å². The van der Waals surface area contributed by atoms with Gasteiger partial charge in [0, 0.05) is 22.9 Å². The minimum absolute atomic E-state index is 0.0936. The van der Waals surface area contributed by atoms with Crippen molar-refractivity contribution in [1.82, 2.24) is 10.2 Å². The first-order valence-electron chi connectivity index (χ1n) is 10.1. The fraction of sp³-hybridized carbons (Fsp3) is 0.500. The van der Waals surface area contributed by atoms with Crippen molar-refractivity contribution in [2.24, 2.45) is 0 Å². The molecular weight excluding hydrogens is 386 g/mol. The van der Waals surface area contributed by atoms with Crippen LogP contribution in [0.4, 0.5) is 10.5 Å². The van der Waals surface area contributed by atoms with Crippen molar-refractivity contribution in [3.8, 4) is 11.5 Å². The Morgan fingerprint density at radius 3 is 2.76 bits per heavy atom. The van der Waals surface area contributed by atoms with Gasteiger partial charge in [0.15, 0.2) is 11.5 Å². The van der Waals surface area contributed by atoms with Gasteiger partial charge in [-0.25, -0.2) is 4.79 Å². The van der Waals surface area contributed by atoms with Crippen molar-refractivity contribution >= 4 is 23.1 Å². The Labute approximate surface area is 176 Å². The normalized spacial score (nSPS) is 26.6. The number of benzene rings is 1. The topological polar surface area (TPSA) is 62.8 Å². The molecule has 2 N–H and O–H groups in total. The van der Waals surface area contributed by atoms with E-state index in [9.17, 15) is 4.79 Å². The minimum atomic E-state index is -0.118. The van der Waals surface area contributed by atoms with Crippen molar-refractivity contribution in [2.75, 3.05) is 33.1 Å². The number of nitrogens with zero attached hydrogens (tertiary/aromatic N) is 1. The molecule has 0 bridgehead atoms. The third kappa shape index (κ3) is 3.81. The van der Waals surface area contributed by atoms with Crippen molar-refractivity contribution in [3.05, 3.63) is 40.6 Å². The first-order valence-corrected chi connectivity index (χ1v) is 11.0. The molecule has 156 valence electrons. The van der Waals surface area contributed by atoms with E-state index in [-0.39, 0.29) is 17.5 Å². The van der Waals surface area contributed by atoms with Gasteiger partial charge in [0.2, 0.25) is 0 Å². The Bertz CT molecular complexity index is 857.